The number of benzene rings is 2. The standard InChI is InChI=1S/C22H20Cl2O5/c1-13(25)7-8-22(10-14-5-3-2-4-6-14)11-15-9-16(29-12-17(26)27)19(23)20(24)18(15)21(22)28/h2-6,9H,7-8,10-12H2,1H3,(H,26,27)/p-1. The van der Waals surface area contributed by atoms with Gasteiger partial charge in [-0.2, -0.15) is 0 Å². The summed E-state index contributed by atoms with van der Waals surface area (Å²) in [6.07, 6.45) is 1.47. The van der Waals surface area contributed by atoms with Gasteiger partial charge in [0.25, 0.3) is 0 Å². The van der Waals surface area contributed by atoms with Crippen molar-refractivity contribution in [2.45, 2.75) is 32.6 Å². The Bertz CT molecular complexity index is 971. The van der Waals surface area contributed by atoms with Crippen LogP contribution in [0.2, 0.25) is 10.0 Å². The summed E-state index contributed by atoms with van der Waals surface area (Å²) in [7, 11) is 0. The highest BCUT2D eigenvalue weighted by atomic mass is 35.5. The summed E-state index contributed by atoms with van der Waals surface area (Å²) < 4.78 is 5.18. The lowest BCUT2D eigenvalue weighted by molar-refractivity contribution is -0.307. The van der Waals surface area contributed by atoms with E-state index < -0.39 is 18.0 Å². The van der Waals surface area contributed by atoms with E-state index in [4.69, 9.17) is 27.9 Å². The molecule has 5 nitrogen and oxygen atoms in total. The van der Waals surface area contributed by atoms with Crippen LogP contribution in [0.5, 0.6) is 5.75 Å². The zero-order valence-electron chi connectivity index (χ0n) is 15.8. The molecular formula is C22H19Cl2O5-. The molecule has 29 heavy (non-hydrogen) atoms. The Morgan fingerprint density at radius 1 is 1.17 bits per heavy atom. The molecule has 0 heterocycles. The molecule has 0 amide bonds. The lowest BCUT2D eigenvalue weighted by atomic mass is 9.74. The van der Waals surface area contributed by atoms with Crippen molar-refractivity contribution in [3.8, 4) is 5.75 Å². The van der Waals surface area contributed by atoms with Crippen molar-refractivity contribution in [3.05, 3.63) is 63.1 Å². The second kappa shape index (κ2) is 8.56. The van der Waals surface area contributed by atoms with Crippen molar-refractivity contribution < 1.29 is 24.2 Å². The summed E-state index contributed by atoms with van der Waals surface area (Å²) in [4.78, 5) is 35.9. The number of aliphatic carboxylic acids is 1. The molecule has 0 spiro atoms. The number of Topliss-reactive ketones (excluding diaryl/α,β-unsaturated/α-hetero) is 2. The fourth-order valence-corrected chi connectivity index (χ4v) is 4.33. The minimum Gasteiger partial charge on any atom is -0.546 e. The first-order valence-electron chi connectivity index (χ1n) is 9.15. The van der Waals surface area contributed by atoms with Gasteiger partial charge in [-0.3, -0.25) is 4.79 Å². The highest BCUT2D eigenvalue weighted by Crippen LogP contribution is 2.49. The first-order valence-corrected chi connectivity index (χ1v) is 9.91. The van der Waals surface area contributed by atoms with Crippen LogP contribution in [-0.4, -0.2) is 24.1 Å². The molecule has 0 saturated heterocycles. The van der Waals surface area contributed by atoms with Crippen molar-refractivity contribution >= 4 is 40.7 Å². The monoisotopic (exact) mass is 433 g/mol. The molecule has 0 bridgehead atoms. The lowest BCUT2D eigenvalue weighted by Gasteiger charge is -2.27. The fourth-order valence-electron chi connectivity index (χ4n) is 3.82. The summed E-state index contributed by atoms with van der Waals surface area (Å²) in [5.41, 5.74) is 1.11. The van der Waals surface area contributed by atoms with Gasteiger partial charge in [0.15, 0.2) is 5.78 Å². The molecule has 2 aromatic rings. The zero-order chi connectivity index (χ0) is 21.2. The Hall–Kier alpha value is -2.37. The maximum absolute atomic E-state index is 13.5. The number of carbonyl (C=O) groups is 3. The van der Waals surface area contributed by atoms with Crippen molar-refractivity contribution in [3.63, 3.8) is 0 Å². The maximum Gasteiger partial charge on any atom is 0.171 e. The minimum atomic E-state index is -1.39. The Morgan fingerprint density at radius 3 is 2.48 bits per heavy atom. The fraction of sp³-hybridized carbons (Fsp3) is 0.318. The highest BCUT2D eigenvalue weighted by molar-refractivity contribution is 6.45. The smallest absolute Gasteiger partial charge is 0.171 e. The molecule has 0 fully saturated rings. The zero-order valence-corrected chi connectivity index (χ0v) is 17.3. The molecular weight excluding hydrogens is 415 g/mol. The van der Waals surface area contributed by atoms with Gasteiger partial charge in [-0.1, -0.05) is 53.5 Å². The molecule has 0 radical (unpaired) electrons. The number of carboxylic acid groups (broad SMARTS) is 1. The van der Waals surface area contributed by atoms with Crippen LogP contribution in [0.1, 0.15) is 41.3 Å². The molecule has 0 aromatic heterocycles. The summed E-state index contributed by atoms with van der Waals surface area (Å²) in [6.45, 7) is 0.820. The predicted octanol–water partition coefficient (Wildman–Crippen LogP) is 3.46. The predicted molar refractivity (Wildman–Crippen MR) is 107 cm³/mol. The highest BCUT2D eigenvalue weighted by Gasteiger charge is 2.47. The van der Waals surface area contributed by atoms with Crippen LogP contribution < -0.4 is 9.84 Å². The van der Waals surface area contributed by atoms with Crippen molar-refractivity contribution in [1.82, 2.24) is 0 Å². The molecule has 152 valence electrons. The second-order valence-corrected chi connectivity index (χ2v) is 8.10. The van der Waals surface area contributed by atoms with Gasteiger partial charge in [0.1, 0.15) is 23.2 Å². The Labute approximate surface area is 178 Å². The summed E-state index contributed by atoms with van der Waals surface area (Å²) in [5, 5.41) is 10.7. The van der Waals surface area contributed by atoms with Crippen LogP contribution in [0.25, 0.3) is 0 Å². The molecule has 0 saturated carbocycles. The SMILES string of the molecule is CC(=O)CCC1(Cc2ccccc2)Cc2cc(OCC(=O)[O-])c(Cl)c(Cl)c2C1=O. The first kappa shape index (κ1) is 21.3. The van der Waals surface area contributed by atoms with Crippen molar-refractivity contribution in [1.29, 1.82) is 0 Å². The van der Waals surface area contributed by atoms with E-state index in [0.717, 1.165) is 5.56 Å². The van der Waals surface area contributed by atoms with E-state index in [-0.39, 0.29) is 33.8 Å². The van der Waals surface area contributed by atoms with Crippen molar-refractivity contribution in [2.75, 3.05) is 6.61 Å². The largest absolute Gasteiger partial charge is 0.546 e. The van der Waals surface area contributed by atoms with E-state index in [1.807, 2.05) is 30.3 Å². The second-order valence-electron chi connectivity index (χ2n) is 7.35. The number of ketones is 2. The van der Waals surface area contributed by atoms with E-state index in [9.17, 15) is 19.5 Å². The van der Waals surface area contributed by atoms with E-state index in [0.29, 0.717) is 30.4 Å². The van der Waals surface area contributed by atoms with Gasteiger partial charge in [-0.05, 0) is 43.4 Å². The lowest BCUT2D eigenvalue weighted by Crippen LogP contribution is -2.31. The van der Waals surface area contributed by atoms with E-state index >= 15 is 0 Å². The van der Waals surface area contributed by atoms with Gasteiger partial charge < -0.3 is 19.4 Å². The molecule has 0 aliphatic heterocycles. The third kappa shape index (κ3) is 4.46. The van der Waals surface area contributed by atoms with Crippen molar-refractivity contribution in [2.24, 2.45) is 5.41 Å². The number of ether oxygens (including phenoxy) is 1. The Morgan fingerprint density at radius 2 is 1.86 bits per heavy atom. The maximum atomic E-state index is 13.5. The number of hydrogen-bond donors (Lipinski definition) is 0. The Kier molecular flexibility index (Phi) is 6.30. The quantitative estimate of drug-likeness (QED) is 0.636. The van der Waals surface area contributed by atoms with E-state index in [2.05, 4.69) is 0 Å². The summed E-state index contributed by atoms with van der Waals surface area (Å²) in [5.74, 6) is -1.46. The minimum absolute atomic E-state index is 0.00306. The number of hydrogen-bond acceptors (Lipinski definition) is 5. The van der Waals surface area contributed by atoms with Gasteiger partial charge in [0.2, 0.25) is 0 Å². The Balaban J connectivity index is 2.02. The molecule has 3 rings (SSSR count). The molecule has 2 aromatic carbocycles. The first-order chi connectivity index (χ1) is 13.7. The van der Waals surface area contributed by atoms with Crippen LogP contribution in [0.3, 0.4) is 0 Å². The van der Waals surface area contributed by atoms with Crippen LogP contribution in [0, 0.1) is 5.41 Å². The molecule has 1 atom stereocenters. The van der Waals surface area contributed by atoms with Crippen LogP contribution in [0.4, 0.5) is 0 Å². The normalized spacial score (nSPS) is 17.8. The summed E-state index contributed by atoms with van der Waals surface area (Å²) in [6, 6.07) is 11.1. The summed E-state index contributed by atoms with van der Waals surface area (Å²) >= 11 is 12.6. The average Bonchev–Trinajstić information content (AvgIpc) is 2.94. The average molecular weight is 434 g/mol. The van der Waals surface area contributed by atoms with Crippen LogP contribution in [0.15, 0.2) is 36.4 Å². The van der Waals surface area contributed by atoms with Gasteiger partial charge >= 0.3 is 0 Å². The molecule has 7 heteroatoms. The van der Waals surface area contributed by atoms with E-state index in [1.165, 1.54) is 6.92 Å². The topological polar surface area (TPSA) is 83.5 Å². The molecule has 1 aliphatic rings. The molecule has 0 N–H and O–H groups in total. The van der Waals surface area contributed by atoms with E-state index in [1.54, 1.807) is 6.07 Å². The molecule has 1 aliphatic carbocycles. The van der Waals surface area contributed by atoms with Gasteiger partial charge in [-0.25, -0.2) is 0 Å². The number of halogens is 2. The third-order valence-electron chi connectivity index (χ3n) is 5.18. The van der Waals surface area contributed by atoms with Gasteiger partial charge in [0, 0.05) is 17.4 Å². The van der Waals surface area contributed by atoms with Crippen LogP contribution >= 0.6 is 23.2 Å². The van der Waals surface area contributed by atoms with Crippen LogP contribution in [-0.2, 0) is 22.4 Å². The number of fused-ring (bicyclic) bond motifs is 1. The van der Waals surface area contributed by atoms with Gasteiger partial charge in [-0.15, -0.1) is 0 Å². The third-order valence-corrected chi connectivity index (χ3v) is 6.03. The number of carbonyl (C=O) groups excluding carboxylic acids is 3. The van der Waals surface area contributed by atoms with Gasteiger partial charge in [0.05, 0.1) is 11.0 Å². The molecule has 1 unspecified atom stereocenters. The number of carboxylic acids is 1. The number of rotatable bonds is 8.